The quantitative estimate of drug-likeness (QED) is 0.691. The molecule has 0 N–H and O–H groups in total. The lowest BCUT2D eigenvalue weighted by atomic mass is 10.1. The number of fused-ring (bicyclic) bond motifs is 1. The molecule has 0 saturated heterocycles. The zero-order chi connectivity index (χ0) is 14.1. The van der Waals surface area contributed by atoms with Gasteiger partial charge in [0.05, 0.1) is 10.7 Å². The highest BCUT2D eigenvalue weighted by Gasteiger charge is 2.21. The molecule has 3 rings (SSSR count). The van der Waals surface area contributed by atoms with Crippen LogP contribution in [0.15, 0.2) is 47.2 Å². The van der Waals surface area contributed by atoms with Crippen LogP contribution in [0.25, 0.3) is 10.8 Å². The van der Waals surface area contributed by atoms with E-state index in [-0.39, 0.29) is 5.78 Å². The first-order valence-electron chi connectivity index (χ1n) is 6.32. The number of benzene rings is 1. The van der Waals surface area contributed by atoms with Crippen LogP contribution in [0, 0.1) is 0 Å². The normalized spacial score (nSPS) is 10.9. The van der Waals surface area contributed by atoms with Crippen molar-refractivity contribution < 1.29 is 4.79 Å². The third kappa shape index (κ3) is 2.04. The Hall–Kier alpha value is -2.01. The fourth-order valence-electron chi connectivity index (χ4n) is 2.24. The van der Waals surface area contributed by atoms with Crippen molar-refractivity contribution in [3.05, 3.63) is 58.6 Å². The summed E-state index contributed by atoms with van der Waals surface area (Å²) in [6, 6.07) is 9.64. The lowest BCUT2D eigenvalue weighted by Gasteiger charge is -2.07. The summed E-state index contributed by atoms with van der Waals surface area (Å²) < 4.78 is 2.37. The summed E-state index contributed by atoms with van der Waals surface area (Å²) in [6.07, 6.45) is 3.30. The predicted molar refractivity (Wildman–Crippen MR) is 80.8 cm³/mol. The van der Waals surface area contributed by atoms with Gasteiger partial charge in [0.15, 0.2) is 0 Å². The van der Waals surface area contributed by atoms with Gasteiger partial charge < -0.3 is 0 Å². The Morgan fingerprint density at radius 1 is 1.30 bits per heavy atom. The second kappa shape index (κ2) is 5.17. The van der Waals surface area contributed by atoms with Crippen LogP contribution in [0.3, 0.4) is 0 Å². The molecule has 0 atom stereocenters. The van der Waals surface area contributed by atoms with Crippen LogP contribution in [0.2, 0.25) is 0 Å². The first kappa shape index (κ1) is 13.0. The molecule has 4 nitrogen and oxygen atoms in total. The Kier molecular flexibility index (Phi) is 3.36. The molecule has 0 amide bonds. The molecule has 0 unspecified atom stereocenters. The lowest BCUT2D eigenvalue weighted by Crippen LogP contribution is -2.13. The van der Waals surface area contributed by atoms with Crippen LogP contribution >= 0.6 is 15.9 Å². The number of pyridine rings is 1. The van der Waals surface area contributed by atoms with Gasteiger partial charge in [-0.3, -0.25) is 14.5 Å². The number of carbonyl (C=O) groups is 1. The second-order valence-corrected chi connectivity index (χ2v) is 5.22. The maximum atomic E-state index is 12.8. The number of hydrogen-bond donors (Lipinski definition) is 0. The number of aryl methyl sites for hydroxylation is 1. The molecule has 0 fully saturated rings. The summed E-state index contributed by atoms with van der Waals surface area (Å²) in [4.78, 5) is 17.0. The summed E-state index contributed by atoms with van der Waals surface area (Å²) in [5.41, 5.74) is 0.996. The van der Waals surface area contributed by atoms with Gasteiger partial charge in [-0.1, -0.05) is 24.3 Å². The van der Waals surface area contributed by atoms with Crippen LogP contribution in [-0.2, 0) is 6.54 Å². The molecule has 3 aromatic rings. The van der Waals surface area contributed by atoms with Crippen molar-refractivity contribution in [3.8, 4) is 0 Å². The van der Waals surface area contributed by atoms with E-state index in [1.54, 1.807) is 17.1 Å². The molecule has 0 saturated carbocycles. The van der Waals surface area contributed by atoms with E-state index in [9.17, 15) is 4.79 Å². The van der Waals surface area contributed by atoms with Crippen molar-refractivity contribution in [2.75, 3.05) is 0 Å². The topological polar surface area (TPSA) is 47.8 Å². The monoisotopic (exact) mass is 329 g/mol. The average molecular weight is 330 g/mol. The molecule has 5 heteroatoms. The predicted octanol–water partition coefficient (Wildman–Crippen LogP) is 3.44. The van der Waals surface area contributed by atoms with E-state index in [1.807, 2.05) is 37.3 Å². The molecule has 2 heterocycles. The van der Waals surface area contributed by atoms with E-state index in [1.165, 1.54) is 0 Å². The summed E-state index contributed by atoms with van der Waals surface area (Å²) in [5, 5.41) is 6.04. The Morgan fingerprint density at radius 2 is 2.10 bits per heavy atom. The van der Waals surface area contributed by atoms with Crippen LogP contribution in [0.1, 0.15) is 23.1 Å². The number of nitrogens with zero attached hydrogens (tertiary/aromatic N) is 3. The molecular formula is C15H12BrN3O. The Bertz CT molecular complexity index is 789. The number of halogens is 1. The average Bonchev–Trinajstić information content (AvgIpc) is 2.87. The van der Waals surface area contributed by atoms with Gasteiger partial charge in [0.2, 0.25) is 5.78 Å². The fraction of sp³-hybridized carbons (Fsp3) is 0.133. The molecule has 0 aliphatic carbocycles. The van der Waals surface area contributed by atoms with Crippen molar-refractivity contribution in [1.29, 1.82) is 0 Å². The summed E-state index contributed by atoms with van der Waals surface area (Å²) in [7, 11) is 0. The molecular weight excluding hydrogens is 318 g/mol. The zero-order valence-corrected chi connectivity index (χ0v) is 12.5. The molecule has 1 aromatic carbocycles. The maximum Gasteiger partial charge on any atom is 0.231 e. The minimum Gasteiger partial charge on any atom is -0.285 e. The van der Waals surface area contributed by atoms with E-state index < -0.39 is 0 Å². The van der Waals surface area contributed by atoms with Gasteiger partial charge in [-0.25, -0.2) is 0 Å². The number of aromatic nitrogens is 3. The highest BCUT2D eigenvalue weighted by Crippen LogP contribution is 2.23. The van der Waals surface area contributed by atoms with Gasteiger partial charge in [-0.15, -0.1) is 0 Å². The molecule has 0 aliphatic rings. The summed E-state index contributed by atoms with van der Waals surface area (Å²) in [5.74, 6) is -0.118. The van der Waals surface area contributed by atoms with Crippen molar-refractivity contribution in [1.82, 2.24) is 14.8 Å². The van der Waals surface area contributed by atoms with Crippen molar-refractivity contribution in [2.45, 2.75) is 13.5 Å². The summed E-state index contributed by atoms with van der Waals surface area (Å²) in [6.45, 7) is 2.59. The van der Waals surface area contributed by atoms with Gasteiger partial charge in [0, 0.05) is 18.1 Å². The molecule has 0 spiro atoms. The van der Waals surface area contributed by atoms with Gasteiger partial charge in [-0.2, -0.15) is 5.10 Å². The smallest absolute Gasteiger partial charge is 0.231 e. The second-order valence-electron chi connectivity index (χ2n) is 4.37. The number of carbonyl (C=O) groups excluding carboxylic acids is 1. The highest BCUT2D eigenvalue weighted by atomic mass is 79.9. The van der Waals surface area contributed by atoms with Crippen molar-refractivity contribution in [2.24, 2.45) is 0 Å². The number of hydrogen-bond acceptors (Lipinski definition) is 3. The van der Waals surface area contributed by atoms with Crippen LogP contribution in [0.4, 0.5) is 0 Å². The van der Waals surface area contributed by atoms with Gasteiger partial charge >= 0.3 is 0 Å². The lowest BCUT2D eigenvalue weighted by molar-refractivity contribution is 0.102. The van der Waals surface area contributed by atoms with E-state index >= 15 is 0 Å². The molecule has 0 bridgehead atoms. The van der Waals surface area contributed by atoms with Gasteiger partial charge in [0.1, 0.15) is 11.4 Å². The van der Waals surface area contributed by atoms with Crippen molar-refractivity contribution >= 4 is 32.5 Å². The third-order valence-corrected chi connectivity index (χ3v) is 3.78. The van der Waals surface area contributed by atoms with Gasteiger partial charge in [-0.05, 0) is 34.3 Å². The first-order valence-corrected chi connectivity index (χ1v) is 7.11. The standard InChI is InChI=1S/C15H12BrN3O/c1-2-19-14(12(16)9-18-19)15(20)13-11-6-4-3-5-10(11)7-8-17-13/h3-9H,2H2,1H3. The van der Waals surface area contributed by atoms with Crippen LogP contribution < -0.4 is 0 Å². The zero-order valence-electron chi connectivity index (χ0n) is 10.9. The van der Waals surface area contributed by atoms with Crippen LogP contribution in [-0.4, -0.2) is 20.5 Å². The summed E-state index contributed by atoms with van der Waals surface area (Å²) >= 11 is 3.39. The minimum absolute atomic E-state index is 0.118. The van der Waals surface area contributed by atoms with E-state index in [2.05, 4.69) is 26.0 Å². The van der Waals surface area contributed by atoms with Crippen molar-refractivity contribution in [3.63, 3.8) is 0 Å². The van der Waals surface area contributed by atoms with Crippen LogP contribution in [0.5, 0.6) is 0 Å². The molecule has 2 aromatic heterocycles. The SMILES string of the molecule is CCn1ncc(Br)c1C(=O)c1nccc2ccccc12. The largest absolute Gasteiger partial charge is 0.285 e. The molecule has 0 radical (unpaired) electrons. The molecule has 0 aliphatic heterocycles. The maximum absolute atomic E-state index is 12.8. The Morgan fingerprint density at radius 3 is 2.90 bits per heavy atom. The minimum atomic E-state index is -0.118. The Balaban J connectivity index is 2.20. The Labute approximate surface area is 124 Å². The van der Waals surface area contributed by atoms with E-state index in [0.29, 0.717) is 22.4 Å². The van der Waals surface area contributed by atoms with E-state index in [0.717, 1.165) is 10.8 Å². The molecule has 20 heavy (non-hydrogen) atoms. The highest BCUT2D eigenvalue weighted by molar-refractivity contribution is 9.10. The first-order chi connectivity index (χ1) is 9.72. The third-order valence-electron chi connectivity index (χ3n) is 3.20. The van der Waals surface area contributed by atoms with E-state index in [4.69, 9.17) is 0 Å². The molecule has 100 valence electrons. The number of ketones is 1. The van der Waals surface area contributed by atoms with Gasteiger partial charge in [0.25, 0.3) is 0 Å². The number of rotatable bonds is 3. The fourth-order valence-corrected chi connectivity index (χ4v) is 2.72.